The number of rotatable bonds is 8. The first-order valence-corrected chi connectivity index (χ1v) is 10.8. The van der Waals surface area contributed by atoms with E-state index >= 15 is 0 Å². The number of furan rings is 1. The van der Waals surface area contributed by atoms with Gasteiger partial charge in [-0.05, 0) is 29.8 Å². The van der Waals surface area contributed by atoms with Crippen LogP contribution in [-0.4, -0.2) is 22.5 Å². The van der Waals surface area contributed by atoms with Gasteiger partial charge in [-0.15, -0.1) is 11.3 Å². The molecule has 31 heavy (non-hydrogen) atoms. The first-order chi connectivity index (χ1) is 15.0. The summed E-state index contributed by atoms with van der Waals surface area (Å²) in [6.07, 6.45) is 3.78. The summed E-state index contributed by atoms with van der Waals surface area (Å²) in [5, 5.41) is 17.1. The number of pyridine rings is 1. The third-order valence-electron chi connectivity index (χ3n) is 4.80. The fraction of sp³-hybridized carbons (Fsp3) is 0.182. The Balaban J connectivity index is 1.40. The van der Waals surface area contributed by atoms with Crippen molar-refractivity contribution in [3.8, 4) is 0 Å². The second-order valence-corrected chi connectivity index (χ2v) is 8.57. The Morgan fingerprint density at radius 2 is 2.03 bits per heavy atom. The fourth-order valence-electron chi connectivity index (χ4n) is 3.12. The summed E-state index contributed by atoms with van der Waals surface area (Å²) in [6, 6.07) is 10.6. The zero-order valence-corrected chi connectivity index (χ0v) is 17.9. The molecule has 0 radical (unpaired) electrons. The Labute approximate surface area is 186 Å². The Morgan fingerprint density at radius 1 is 1.23 bits per heavy atom. The molecular weight excluding hydrogens is 438 g/mol. The van der Waals surface area contributed by atoms with Crippen molar-refractivity contribution in [2.24, 2.45) is 0 Å². The minimum Gasteiger partial charge on any atom is -0.472 e. The summed E-state index contributed by atoms with van der Waals surface area (Å²) in [4.78, 5) is 30.0. The zero-order valence-electron chi connectivity index (χ0n) is 16.4. The normalized spacial score (nSPS) is 12.2. The first-order valence-electron chi connectivity index (χ1n) is 9.59. The van der Waals surface area contributed by atoms with Crippen molar-refractivity contribution in [1.82, 2.24) is 15.6 Å². The van der Waals surface area contributed by atoms with Crippen LogP contribution >= 0.6 is 22.9 Å². The van der Waals surface area contributed by atoms with Crippen molar-refractivity contribution in [1.29, 1.82) is 0 Å². The number of benzene rings is 1. The summed E-state index contributed by atoms with van der Waals surface area (Å²) < 4.78 is 4.97. The largest absolute Gasteiger partial charge is 0.472 e. The maximum atomic E-state index is 12.8. The average Bonchev–Trinajstić information content (AvgIpc) is 3.44. The molecule has 4 aromatic rings. The standard InChI is InChI=1S/C22H20ClN3O4S/c23-15-3-1-13(2-4-15)8-25-21(29)18-10-26-22-17(20(18)28)7-16(31-22)9-24-11-19(27)14-5-6-30-12-14/h1-7,10,12,19,24,27H,8-9,11H2,(H,25,29)(H,26,28). The van der Waals surface area contributed by atoms with E-state index in [2.05, 4.69) is 15.6 Å². The van der Waals surface area contributed by atoms with Crippen molar-refractivity contribution in [2.75, 3.05) is 6.54 Å². The molecule has 160 valence electrons. The monoisotopic (exact) mass is 457 g/mol. The third-order valence-corrected chi connectivity index (χ3v) is 6.11. The minimum absolute atomic E-state index is 0.0640. The number of hydrogen-bond donors (Lipinski definition) is 4. The predicted molar refractivity (Wildman–Crippen MR) is 120 cm³/mol. The van der Waals surface area contributed by atoms with Crippen molar-refractivity contribution >= 4 is 39.1 Å². The molecule has 1 aromatic carbocycles. The molecule has 0 saturated carbocycles. The lowest BCUT2D eigenvalue weighted by Gasteiger charge is -2.08. The van der Waals surface area contributed by atoms with Crippen LogP contribution in [0.2, 0.25) is 5.02 Å². The molecule has 1 unspecified atom stereocenters. The van der Waals surface area contributed by atoms with Crippen molar-refractivity contribution in [3.63, 3.8) is 0 Å². The molecule has 4 N–H and O–H groups in total. The van der Waals surface area contributed by atoms with Gasteiger partial charge in [-0.2, -0.15) is 0 Å². The van der Waals surface area contributed by atoms with E-state index < -0.39 is 12.0 Å². The number of amides is 1. The topological polar surface area (TPSA) is 107 Å². The Kier molecular flexibility index (Phi) is 6.53. The number of aromatic nitrogens is 1. The van der Waals surface area contributed by atoms with Gasteiger partial charge < -0.3 is 25.1 Å². The van der Waals surface area contributed by atoms with E-state index in [1.54, 1.807) is 24.3 Å². The number of H-pyrrole nitrogens is 1. The van der Waals surface area contributed by atoms with Gasteiger partial charge in [-0.25, -0.2) is 0 Å². The van der Waals surface area contributed by atoms with Crippen LogP contribution in [0.4, 0.5) is 0 Å². The number of hydrogen-bond acceptors (Lipinski definition) is 6. The molecule has 0 aliphatic rings. The molecule has 9 heteroatoms. The van der Waals surface area contributed by atoms with Gasteiger partial charge in [0.25, 0.3) is 5.91 Å². The van der Waals surface area contributed by atoms with Gasteiger partial charge in [-0.1, -0.05) is 23.7 Å². The lowest BCUT2D eigenvalue weighted by molar-refractivity contribution is 0.0949. The zero-order chi connectivity index (χ0) is 21.8. The number of fused-ring (bicyclic) bond motifs is 1. The Bertz CT molecular complexity index is 1230. The summed E-state index contributed by atoms with van der Waals surface area (Å²) >= 11 is 7.30. The number of carbonyl (C=O) groups is 1. The second-order valence-electron chi connectivity index (χ2n) is 7.00. The SMILES string of the molecule is O=C(NCc1ccc(Cl)cc1)c1c[nH]c2sc(CNCC(O)c3ccoc3)cc2c1=O. The van der Waals surface area contributed by atoms with Crippen molar-refractivity contribution in [3.05, 3.63) is 91.9 Å². The van der Waals surface area contributed by atoms with Crippen molar-refractivity contribution < 1.29 is 14.3 Å². The molecule has 0 spiro atoms. The van der Waals surface area contributed by atoms with Gasteiger partial charge in [-0.3, -0.25) is 9.59 Å². The van der Waals surface area contributed by atoms with Gasteiger partial charge in [0.2, 0.25) is 5.43 Å². The number of thiophene rings is 1. The van der Waals surface area contributed by atoms with Gasteiger partial charge in [0.15, 0.2) is 0 Å². The molecule has 0 bridgehead atoms. The van der Waals surface area contributed by atoms with E-state index in [0.29, 0.717) is 40.4 Å². The predicted octanol–water partition coefficient (Wildman–Crippen LogP) is 3.59. The van der Waals surface area contributed by atoms with E-state index in [1.807, 2.05) is 12.1 Å². The van der Waals surface area contributed by atoms with E-state index in [4.69, 9.17) is 16.0 Å². The summed E-state index contributed by atoms with van der Waals surface area (Å²) in [7, 11) is 0. The van der Waals surface area contributed by atoms with Gasteiger partial charge in [0.05, 0.1) is 24.0 Å². The smallest absolute Gasteiger partial charge is 0.257 e. The average molecular weight is 458 g/mol. The number of nitrogens with one attached hydrogen (secondary N) is 3. The number of aliphatic hydroxyl groups is 1. The van der Waals surface area contributed by atoms with Crippen LogP contribution in [0.25, 0.3) is 10.2 Å². The molecule has 4 rings (SSSR count). The molecule has 0 aliphatic carbocycles. The molecule has 7 nitrogen and oxygen atoms in total. The van der Waals surface area contributed by atoms with E-state index in [1.165, 1.54) is 30.1 Å². The van der Waals surface area contributed by atoms with Crippen LogP contribution < -0.4 is 16.1 Å². The summed E-state index contributed by atoms with van der Waals surface area (Å²) in [5.74, 6) is -0.438. The van der Waals surface area contributed by atoms with Gasteiger partial charge >= 0.3 is 0 Å². The lowest BCUT2D eigenvalue weighted by Crippen LogP contribution is -2.28. The highest BCUT2D eigenvalue weighted by molar-refractivity contribution is 7.18. The van der Waals surface area contributed by atoms with Crippen LogP contribution in [0, 0.1) is 0 Å². The highest BCUT2D eigenvalue weighted by Crippen LogP contribution is 2.22. The molecule has 3 aromatic heterocycles. The lowest BCUT2D eigenvalue weighted by atomic mass is 10.2. The van der Waals surface area contributed by atoms with Crippen molar-refractivity contribution in [2.45, 2.75) is 19.2 Å². The third kappa shape index (κ3) is 5.05. The number of aliphatic hydroxyl groups excluding tert-OH is 1. The molecule has 0 aliphatic heterocycles. The molecule has 0 saturated heterocycles. The molecule has 1 amide bonds. The fourth-order valence-corrected chi connectivity index (χ4v) is 4.24. The van der Waals surface area contributed by atoms with Crippen LogP contribution in [0.1, 0.15) is 32.5 Å². The maximum absolute atomic E-state index is 12.8. The molecule has 0 fully saturated rings. The quantitative estimate of drug-likeness (QED) is 0.323. The summed E-state index contributed by atoms with van der Waals surface area (Å²) in [5.41, 5.74) is 1.34. The number of carbonyl (C=O) groups excluding carboxylic acids is 1. The van der Waals surface area contributed by atoms with E-state index in [0.717, 1.165) is 10.4 Å². The molecular formula is C22H20ClN3O4S. The van der Waals surface area contributed by atoms with Crippen LogP contribution in [-0.2, 0) is 13.1 Å². The number of halogens is 1. The second kappa shape index (κ2) is 9.49. The van der Waals surface area contributed by atoms with Gasteiger partial charge in [0.1, 0.15) is 10.4 Å². The highest BCUT2D eigenvalue weighted by atomic mass is 35.5. The van der Waals surface area contributed by atoms with Crippen LogP contribution in [0.3, 0.4) is 0 Å². The highest BCUT2D eigenvalue weighted by Gasteiger charge is 2.15. The molecule has 1 atom stereocenters. The van der Waals surface area contributed by atoms with Crippen LogP contribution in [0.15, 0.2) is 64.3 Å². The Morgan fingerprint density at radius 3 is 2.77 bits per heavy atom. The first kappa shape index (κ1) is 21.3. The molecule has 3 heterocycles. The Hall–Kier alpha value is -2.91. The van der Waals surface area contributed by atoms with Gasteiger partial charge in [0, 0.05) is 41.3 Å². The van der Waals surface area contributed by atoms with E-state index in [-0.39, 0.29) is 11.0 Å². The minimum atomic E-state index is -0.675. The number of aromatic amines is 1. The van der Waals surface area contributed by atoms with E-state index in [9.17, 15) is 14.7 Å². The van der Waals surface area contributed by atoms with Crippen LogP contribution in [0.5, 0.6) is 0 Å². The maximum Gasteiger partial charge on any atom is 0.257 e. The summed E-state index contributed by atoms with van der Waals surface area (Å²) in [6.45, 7) is 1.13.